The molecule has 0 aromatic heterocycles. The van der Waals surface area contributed by atoms with Gasteiger partial charge >= 0.3 is 0 Å². The maximum absolute atomic E-state index is 13.8. The van der Waals surface area contributed by atoms with Crippen molar-refractivity contribution in [2.75, 3.05) is 51.5 Å². The van der Waals surface area contributed by atoms with Crippen molar-refractivity contribution in [2.45, 2.75) is 68.6 Å². The van der Waals surface area contributed by atoms with E-state index in [1.54, 1.807) is 25.3 Å². The van der Waals surface area contributed by atoms with E-state index < -0.39 is 27.3 Å². The highest BCUT2D eigenvalue weighted by Gasteiger charge is 2.44. The molecule has 9 nitrogen and oxygen atoms in total. The smallest absolute Gasteiger partial charge is 0.264 e. The average molecular weight is 687 g/mol. The molecule has 47 heavy (non-hydrogen) atoms. The topological polar surface area (TPSA) is 114 Å². The Morgan fingerprint density at radius 1 is 1.15 bits per heavy atom. The molecule has 6 rings (SSSR count). The first-order valence-corrected chi connectivity index (χ1v) is 18.8. The number of carbonyl (C=O) groups excluding carboxylic acids is 1. The van der Waals surface area contributed by atoms with Gasteiger partial charge in [0.25, 0.3) is 5.91 Å². The summed E-state index contributed by atoms with van der Waals surface area (Å²) in [5, 5.41) is 11.1. The quantitative estimate of drug-likeness (QED) is 0.312. The zero-order chi connectivity index (χ0) is 33.2. The van der Waals surface area contributed by atoms with Crippen LogP contribution in [-0.4, -0.2) is 77.4 Å². The first kappa shape index (κ1) is 34.2. The number of rotatable bonds is 6. The zero-order valence-electron chi connectivity index (χ0n) is 27.3. The van der Waals surface area contributed by atoms with E-state index in [1.807, 2.05) is 25.1 Å². The summed E-state index contributed by atoms with van der Waals surface area (Å²) < 4.78 is 47.1. The Bertz CT molecular complexity index is 1580. The van der Waals surface area contributed by atoms with Crippen molar-refractivity contribution in [1.82, 2.24) is 4.72 Å². The van der Waals surface area contributed by atoms with Crippen molar-refractivity contribution in [3.8, 4) is 5.75 Å². The van der Waals surface area contributed by atoms with Gasteiger partial charge in [-0.05, 0) is 104 Å². The SMILES string of the molecule is COCCOCC[C@@H]1[C@H](C)C/C=C\[C@@H](O)[C@@H]2CC[C@H]2CN2C[C@@]3(CCCc4cc(Cl)ccc43)COc3ccc(cc32)C(=O)NS1(=O)=O. The van der Waals surface area contributed by atoms with Gasteiger partial charge < -0.3 is 24.2 Å². The Morgan fingerprint density at radius 3 is 2.79 bits per heavy atom. The van der Waals surface area contributed by atoms with Gasteiger partial charge in [0, 0.05) is 42.8 Å². The highest BCUT2D eigenvalue weighted by Crippen LogP contribution is 2.46. The van der Waals surface area contributed by atoms with Gasteiger partial charge in [0.1, 0.15) is 5.75 Å². The van der Waals surface area contributed by atoms with Crippen LogP contribution in [0.3, 0.4) is 0 Å². The summed E-state index contributed by atoms with van der Waals surface area (Å²) in [5.74, 6) is 0.0306. The number of anilines is 1. The summed E-state index contributed by atoms with van der Waals surface area (Å²) in [4.78, 5) is 16.0. The van der Waals surface area contributed by atoms with Crippen LogP contribution in [0.15, 0.2) is 48.6 Å². The predicted molar refractivity (Wildman–Crippen MR) is 183 cm³/mol. The molecule has 2 aliphatic carbocycles. The standard InChI is InChI=1S/C36H47ClN2O7S/c1-24-5-3-7-32(40)29-11-8-27(29)21-39-22-36(15-4-6-25-19-28(37)10-12-30(25)36)23-46-33-13-9-26(20-31(33)39)35(41)38-47(42,43)34(24)14-16-45-18-17-44-2/h3,7,9-10,12-13,19-20,24,27,29,32,34,40H,4-6,8,11,14-18,21-23H2,1-2H3,(H,38,41)/b7-3-/t24-,27+,29-,32-,34-,36+/m1/s1. The number of ether oxygens (including phenoxy) is 3. The van der Waals surface area contributed by atoms with Gasteiger partial charge in [-0.2, -0.15) is 0 Å². The maximum Gasteiger partial charge on any atom is 0.264 e. The molecule has 2 aliphatic heterocycles. The highest BCUT2D eigenvalue weighted by molar-refractivity contribution is 7.90. The molecule has 2 aromatic rings. The molecule has 1 spiro atoms. The number of hydrogen-bond acceptors (Lipinski definition) is 8. The van der Waals surface area contributed by atoms with E-state index in [1.165, 1.54) is 11.1 Å². The highest BCUT2D eigenvalue weighted by atomic mass is 35.5. The monoisotopic (exact) mass is 686 g/mol. The fourth-order valence-electron chi connectivity index (χ4n) is 7.99. The van der Waals surface area contributed by atoms with E-state index in [9.17, 15) is 18.3 Å². The fourth-order valence-corrected chi connectivity index (χ4v) is 9.84. The number of fused-ring (bicyclic) bond motifs is 4. The van der Waals surface area contributed by atoms with Crippen molar-refractivity contribution < 1.29 is 32.5 Å². The van der Waals surface area contributed by atoms with E-state index in [2.05, 4.69) is 21.8 Å². The number of nitrogens with zero attached hydrogens (tertiary/aromatic N) is 1. The molecule has 4 aliphatic rings. The minimum absolute atomic E-state index is 0.0932. The molecule has 0 radical (unpaired) electrons. The number of allylic oxidation sites excluding steroid dienone is 1. The lowest BCUT2D eigenvalue weighted by atomic mass is 9.68. The Balaban J connectivity index is 1.35. The van der Waals surface area contributed by atoms with Crippen LogP contribution in [0, 0.1) is 17.8 Å². The molecule has 0 unspecified atom stereocenters. The number of hydrogen-bond donors (Lipinski definition) is 2. The van der Waals surface area contributed by atoms with Crippen LogP contribution in [-0.2, 0) is 31.3 Å². The maximum atomic E-state index is 13.8. The van der Waals surface area contributed by atoms with Crippen LogP contribution in [0.1, 0.15) is 66.9 Å². The number of amides is 1. The van der Waals surface area contributed by atoms with Gasteiger partial charge in [-0.15, -0.1) is 0 Å². The van der Waals surface area contributed by atoms with E-state index in [0.29, 0.717) is 45.1 Å². The lowest BCUT2D eigenvalue weighted by molar-refractivity contribution is 0.0455. The first-order chi connectivity index (χ1) is 22.6. The molecule has 2 bridgehead atoms. The summed E-state index contributed by atoms with van der Waals surface area (Å²) >= 11 is 6.41. The summed E-state index contributed by atoms with van der Waals surface area (Å²) in [7, 11) is -2.50. The van der Waals surface area contributed by atoms with E-state index in [4.69, 9.17) is 25.8 Å². The molecule has 2 heterocycles. The van der Waals surface area contributed by atoms with Crippen LogP contribution in [0.25, 0.3) is 0 Å². The van der Waals surface area contributed by atoms with Gasteiger partial charge in [0.2, 0.25) is 10.0 Å². The summed E-state index contributed by atoms with van der Waals surface area (Å²) in [6.07, 6.45) is 8.62. The number of benzene rings is 2. The Hall–Kier alpha value is -2.63. The fraction of sp³-hybridized carbons (Fsp3) is 0.583. The second-order valence-electron chi connectivity index (χ2n) is 13.8. The zero-order valence-corrected chi connectivity index (χ0v) is 28.9. The van der Waals surface area contributed by atoms with Crippen LogP contribution >= 0.6 is 11.6 Å². The molecule has 0 saturated heterocycles. The van der Waals surface area contributed by atoms with Crippen LogP contribution < -0.4 is 14.4 Å². The van der Waals surface area contributed by atoms with Crippen LogP contribution in [0.5, 0.6) is 5.75 Å². The minimum Gasteiger partial charge on any atom is -0.490 e. The second kappa shape index (κ2) is 14.5. The third kappa shape index (κ3) is 7.37. The Morgan fingerprint density at radius 2 is 2.00 bits per heavy atom. The molecule has 6 atom stereocenters. The molecule has 1 saturated carbocycles. The van der Waals surface area contributed by atoms with Crippen molar-refractivity contribution in [1.29, 1.82) is 0 Å². The summed E-state index contributed by atoms with van der Waals surface area (Å²) in [6.45, 7) is 4.69. The molecule has 1 amide bonds. The molecular weight excluding hydrogens is 640 g/mol. The van der Waals surface area contributed by atoms with Crippen molar-refractivity contribution >= 4 is 33.2 Å². The number of carbonyl (C=O) groups is 1. The number of sulfonamides is 1. The minimum atomic E-state index is -4.08. The van der Waals surface area contributed by atoms with E-state index in [0.717, 1.165) is 42.8 Å². The molecule has 11 heteroatoms. The number of halogens is 1. The molecule has 256 valence electrons. The number of aryl methyl sites for hydroxylation is 1. The number of aliphatic hydroxyl groups excluding tert-OH is 1. The number of aliphatic hydroxyl groups is 1. The third-order valence-electron chi connectivity index (χ3n) is 10.8. The van der Waals surface area contributed by atoms with Crippen LogP contribution in [0.4, 0.5) is 5.69 Å². The predicted octanol–water partition coefficient (Wildman–Crippen LogP) is 5.28. The third-order valence-corrected chi connectivity index (χ3v) is 13.0. The largest absolute Gasteiger partial charge is 0.490 e. The van der Waals surface area contributed by atoms with E-state index >= 15 is 0 Å². The molecule has 2 N–H and O–H groups in total. The molecule has 2 aromatic carbocycles. The average Bonchev–Trinajstić information content (AvgIpc) is 3.17. The van der Waals surface area contributed by atoms with Crippen molar-refractivity contribution in [2.24, 2.45) is 17.8 Å². The summed E-state index contributed by atoms with van der Waals surface area (Å²) in [6, 6.07) is 11.4. The number of nitrogens with one attached hydrogen (secondary N) is 1. The van der Waals surface area contributed by atoms with Gasteiger partial charge in [0.15, 0.2) is 0 Å². The molecule has 1 fully saturated rings. The number of methoxy groups -OCH3 is 1. The molecular formula is C36H47ClN2O7S. The second-order valence-corrected chi connectivity index (χ2v) is 16.2. The van der Waals surface area contributed by atoms with Gasteiger partial charge in [-0.25, -0.2) is 13.1 Å². The van der Waals surface area contributed by atoms with Gasteiger partial charge in [-0.3, -0.25) is 4.79 Å². The first-order valence-electron chi connectivity index (χ1n) is 16.9. The lowest BCUT2D eigenvalue weighted by Crippen LogP contribution is -2.49. The van der Waals surface area contributed by atoms with Gasteiger partial charge in [0.05, 0.1) is 36.9 Å². The van der Waals surface area contributed by atoms with Gasteiger partial charge in [-0.1, -0.05) is 36.7 Å². The summed E-state index contributed by atoms with van der Waals surface area (Å²) in [5.41, 5.74) is 3.24. The normalized spacial score (nSPS) is 31.0. The van der Waals surface area contributed by atoms with Crippen molar-refractivity contribution in [3.05, 3.63) is 70.3 Å². The van der Waals surface area contributed by atoms with E-state index in [-0.39, 0.29) is 41.8 Å². The van der Waals surface area contributed by atoms with Crippen LogP contribution in [0.2, 0.25) is 5.02 Å². The Labute approximate surface area is 283 Å². The van der Waals surface area contributed by atoms with Crippen molar-refractivity contribution in [3.63, 3.8) is 0 Å². The Kier molecular flexibility index (Phi) is 10.5. The lowest BCUT2D eigenvalue weighted by Gasteiger charge is -2.45.